The zero-order chi connectivity index (χ0) is 24.5. The highest BCUT2D eigenvalue weighted by atomic mass is 19.3. The highest BCUT2D eigenvalue weighted by Crippen LogP contribution is 2.37. The molecule has 4 heterocycles. The summed E-state index contributed by atoms with van der Waals surface area (Å²) in [6.07, 6.45) is 4.19. The average Bonchev–Trinajstić information content (AvgIpc) is 3.19. The Kier molecular flexibility index (Phi) is 6.58. The lowest BCUT2D eigenvalue weighted by atomic mass is 9.85. The van der Waals surface area contributed by atoms with E-state index in [9.17, 15) is 22.4 Å². The molecule has 34 heavy (non-hydrogen) atoms. The Labute approximate surface area is 193 Å². The lowest BCUT2D eigenvalue weighted by Crippen LogP contribution is -2.55. The minimum atomic E-state index is -3.06. The summed E-state index contributed by atoms with van der Waals surface area (Å²) in [6.45, 7) is 0.913. The highest BCUT2D eigenvalue weighted by molar-refractivity contribution is 5.98. The fourth-order valence-corrected chi connectivity index (χ4v) is 4.28. The van der Waals surface area contributed by atoms with Gasteiger partial charge in [-0.1, -0.05) is 6.92 Å². The zero-order valence-corrected chi connectivity index (χ0v) is 18.6. The molecule has 0 spiro atoms. The standard InChI is InChI=1S/C22H23F4N7O/c1-13-8-22(25,26)12-33(16(13)4-5-17-29-9-14(10-30-17)19(23)24)21(34)18-15(11-32(2)31-18)20-27-6-3-7-28-20/h3,6-7,9-11,13,16,19H,4-5,8,12H2,1-2H3/t13-,16-/m1/s1. The number of aromatic nitrogens is 6. The largest absolute Gasteiger partial charge is 0.328 e. The molecule has 0 saturated carbocycles. The maximum Gasteiger partial charge on any atom is 0.275 e. The number of carbonyl (C=O) groups is 1. The zero-order valence-electron chi connectivity index (χ0n) is 18.6. The number of hydrogen-bond acceptors (Lipinski definition) is 6. The van der Waals surface area contributed by atoms with Crippen LogP contribution in [0.1, 0.15) is 48.1 Å². The molecule has 1 aliphatic heterocycles. The molecule has 1 amide bonds. The van der Waals surface area contributed by atoms with E-state index in [0.29, 0.717) is 17.8 Å². The van der Waals surface area contributed by atoms with Gasteiger partial charge in [-0.3, -0.25) is 9.48 Å². The summed E-state index contributed by atoms with van der Waals surface area (Å²) >= 11 is 0. The van der Waals surface area contributed by atoms with Crippen molar-refractivity contribution in [3.05, 3.63) is 54.1 Å². The first-order valence-electron chi connectivity index (χ1n) is 10.7. The number of aryl methyl sites for hydroxylation is 2. The second kappa shape index (κ2) is 9.43. The predicted octanol–water partition coefficient (Wildman–Crippen LogP) is 3.72. The van der Waals surface area contributed by atoms with Crippen molar-refractivity contribution in [1.29, 1.82) is 0 Å². The molecule has 0 aromatic carbocycles. The lowest BCUT2D eigenvalue weighted by Gasteiger charge is -2.43. The van der Waals surface area contributed by atoms with Crippen LogP contribution in [0.25, 0.3) is 11.4 Å². The Morgan fingerprint density at radius 1 is 1.18 bits per heavy atom. The van der Waals surface area contributed by atoms with Crippen molar-refractivity contribution in [3.8, 4) is 11.4 Å². The van der Waals surface area contributed by atoms with Crippen molar-refractivity contribution in [2.24, 2.45) is 13.0 Å². The second-order valence-electron chi connectivity index (χ2n) is 8.45. The van der Waals surface area contributed by atoms with Crippen LogP contribution in [0.5, 0.6) is 0 Å². The summed E-state index contributed by atoms with van der Waals surface area (Å²) < 4.78 is 56.0. The number of hydrogen-bond donors (Lipinski definition) is 0. The van der Waals surface area contributed by atoms with Crippen LogP contribution >= 0.6 is 0 Å². The Morgan fingerprint density at radius 2 is 1.85 bits per heavy atom. The molecule has 8 nitrogen and oxygen atoms in total. The third kappa shape index (κ3) is 5.05. The first-order valence-corrected chi connectivity index (χ1v) is 10.7. The molecule has 0 N–H and O–H groups in total. The number of nitrogens with zero attached hydrogens (tertiary/aromatic N) is 7. The van der Waals surface area contributed by atoms with Gasteiger partial charge in [-0.05, 0) is 18.4 Å². The fraction of sp³-hybridized carbons (Fsp3) is 0.455. The van der Waals surface area contributed by atoms with E-state index < -0.39 is 36.8 Å². The third-order valence-corrected chi connectivity index (χ3v) is 5.82. The van der Waals surface area contributed by atoms with Crippen LogP contribution in [0.3, 0.4) is 0 Å². The fourth-order valence-electron chi connectivity index (χ4n) is 4.28. The number of halogens is 4. The van der Waals surface area contributed by atoms with E-state index in [1.807, 2.05) is 0 Å². The van der Waals surface area contributed by atoms with Crippen molar-refractivity contribution in [2.45, 2.75) is 44.6 Å². The summed E-state index contributed by atoms with van der Waals surface area (Å²) in [7, 11) is 1.62. The predicted molar refractivity (Wildman–Crippen MR) is 113 cm³/mol. The van der Waals surface area contributed by atoms with E-state index in [-0.39, 0.29) is 29.9 Å². The van der Waals surface area contributed by atoms with Gasteiger partial charge in [0.15, 0.2) is 11.5 Å². The minimum Gasteiger partial charge on any atom is -0.328 e. The van der Waals surface area contributed by atoms with Crippen LogP contribution in [-0.2, 0) is 13.5 Å². The maximum atomic E-state index is 14.5. The second-order valence-corrected chi connectivity index (χ2v) is 8.45. The molecule has 3 aromatic heterocycles. The Hall–Kier alpha value is -3.44. The van der Waals surface area contributed by atoms with Crippen LogP contribution in [0, 0.1) is 5.92 Å². The molecule has 1 fully saturated rings. The molecule has 4 rings (SSSR count). The van der Waals surface area contributed by atoms with Crippen molar-refractivity contribution in [2.75, 3.05) is 6.54 Å². The van der Waals surface area contributed by atoms with Gasteiger partial charge in [0.05, 0.1) is 17.7 Å². The number of amides is 1. The molecule has 0 bridgehead atoms. The first-order chi connectivity index (χ1) is 16.1. The number of piperidine rings is 1. The average molecular weight is 477 g/mol. The molecule has 180 valence electrons. The molecular weight excluding hydrogens is 454 g/mol. The van der Waals surface area contributed by atoms with E-state index in [0.717, 1.165) is 17.3 Å². The number of alkyl halides is 4. The normalized spacial score (nSPS) is 20.0. The van der Waals surface area contributed by atoms with Gasteiger partial charge in [0.1, 0.15) is 5.82 Å². The van der Waals surface area contributed by atoms with Gasteiger partial charge >= 0.3 is 0 Å². The van der Waals surface area contributed by atoms with Crippen LogP contribution in [0.4, 0.5) is 17.6 Å². The molecule has 1 aliphatic rings. The maximum absolute atomic E-state index is 14.5. The quantitative estimate of drug-likeness (QED) is 0.503. The number of carbonyl (C=O) groups excluding carboxylic acids is 1. The summed E-state index contributed by atoms with van der Waals surface area (Å²) in [5.41, 5.74) is 0.0393. The van der Waals surface area contributed by atoms with Crippen LogP contribution in [0.2, 0.25) is 0 Å². The van der Waals surface area contributed by atoms with Crippen molar-refractivity contribution in [3.63, 3.8) is 0 Å². The lowest BCUT2D eigenvalue weighted by molar-refractivity contribution is -0.0933. The van der Waals surface area contributed by atoms with Crippen LogP contribution < -0.4 is 0 Å². The Balaban J connectivity index is 1.60. The van der Waals surface area contributed by atoms with Gasteiger partial charge in [-0.15, -0.1) is 0 Å². The van der Waals surface area contributed by atoms with E-state index in [2.05, 4.69) is 25.0 Å². The topological polar surface area (TPSA) is 89.7 Å². The Morgan fingerprint density at radius 3 is 2.50 bits per heavy atom. The molecule has 0 aliphatic carbocycles. The Bertz CT molecular complexity index is 1140. The van der Waals surface area contributed by atoms with Gasteiger partial charge in [-0.25, -0.2) is 37.5 Å². The summed E-state index contributed by atoms with van der Waals surface area (Å²) in [5, 5.41) is 4.22. The van der Waals surface area contributed by atoms with E-state index in [4.69, 9.17) is 0 Å². The number of likely N-dealkylation sites (tertiary alicyclic amines) is 1. The molecule has 0 unspecified atom stereocenters. The summed E-state index contributed by atoms with van der Waals surface area (Å²) in [5.74, 6) is -3.65. The van der Waals surface area contributed by atoms with Crippen molar-refractivity contribution in [1.82, 2.24) is 34.6 Å². The monoisotopic (exact) mass is 477 g/mol. The van der Waals surface area contributed by atoms with Crippen molar-refractivity contribution >= 4 is 5.91 Å². The summed E-state index contributed by atoms with van der Waals surface area (Å²) in [6, 6.07) is 1.08. The number of rotatable bonds is 6. The van der Waals surface area contributed by atoms with E-state index in [1.54, 1.807) is 26.2 Å². The summed E-state index contributed by atoms with van der Waals surface area (Å²) in [4.78, 5) is 30.9. The van der Waals surface area contributed by atoms with Gasteiger partial charge in [0.2, 0.25) is 0 Å². The first kappa shape index (κ1) is 23.7. The van der Waals surface area contributed by atoms with E-state index >= 15 is 0 Å². The van der Waals surface area contributed by atoms with Crippen LogP contribution in [0.15, 0.2) is 37.1 Å². The molecule has 1 saturated heterocycles. The highest BCUT2D eigenvalue weighted by Gasteiger charge is 2.46. The molecular formula is C22H23F4N7O. The van der Waals surface area contributed by atoms with Crippen LogP contribution in [-0.4, -0.2) is 59.0 Å². The third-order valence-electron chi connectivity index (χ3n) is 5.82. The van der Waals surface area contributed by atoms with E-state index in [1.165, 1.54) is 17.1 Å². The minimum absolute atomic E-state index is 0.0128. The van der Waals surface area contributed by atoms with Gasteiger partial charge < -0.3 is 4.90 Å². The smallest absolute Gasteiger partial charge is 0.275 e. The molecule has 3 aromatic rings. The molecule has 12 heteroatoms. The molecule has 0 radical (unpaired) electrons. The molecule has 2 atom stereocenters. The van der Waals surface area contributed by atoms with Crippen molar-refractivity contribution < 1.29 is 22.4 Å². The van der Waals surface area contributed by atoms with Gasteiger partial charge in [0.25, 0.3) is 18.3 Å². The SMILES string of the molecule is C[C@@H]1CC(F)(F)CN(C(=O)c2nn(C)cc2-c2ncccn2)[C@@H]1CCc1ncc(C(F)F)cn1. The van der Waals surface area contributed by atoms with Gasteiger partial charge in [-0.2, -0.15) is 5.10 Å². The van der Waals surface area contributed by atoms with Gasteiger partial charge in [0, 0.05) is 56.9 Å².